The second kappa shape index (κ2) is 9.27. The molecule has 34 heavy (non-hydrogen) atoms. The fraction of sp³-hybridized carbons (Fsp3) is 0.192. The van der Waals surface area contributed by atoms with Crippen LogP contribution in [0, 0.1) is 5.82 Å². The van der Waals surface area contributed by atoms with Gasteiger partial charge in [-0.25, -0.2) is 14.4 Å². The van der Waals surface area contributed by atoms with E-state index in [0.29, 0.717) is 42.6 Å². The minimum Gasteiger partial charge on any atom is -0.437 e. The molecule has 8 heteroatoms. The van der Waals surface area contributed by atoms with E-state index in [4.69, 9.17) is 16.3 Å². The molecule has 0 radical (unpaired) electrons. The lowest BCUT2D eigenvalue weighted by Crippen LogP contribution is -2.54. The predicted octanol–water partition coefficient (Wildman–Crippen LogP) is 5.57. The Balaban J connectivity index is 1.29. The summed E-state index contributed by atoms with van der Waals surface area (Å²) in [4.78, 5) is 25.7. The Morgan fingerprint density at radius 2 is 1.85 bits per heavy atom. The van der Waals surface area contributed by atoms with Crippen LogP contribution in [-0.4, -0.2) is 46.5 Å². The fourth-order valence-corrected chi connectivity index (χ4v) is 4.39. The van der Waals surface area contributed by atoms with Crippen molar-refractivity contribution in [2.75, 3.05) is 24.5 Å². The predicted molar refractivity (Wildman–Crippen MR) is 130 cm³/mol. The van der Waals surface area contributed by atoms with E-state index in [-0.39, 0.29) is 17.0 Å². The van der Waals surface area contributed by atoms with Crippen molar-refractivity contribution in [2.24, 2.45) is 0 Å². The highest BCUT2D eigenvalue weighted by atomic mass is 35.5. The molecule has 1 aliphatic rings. The van der Waals surface area contributed by atoms with Gasteiger partial charge in [0, 0.05) is 37.3 Å². The highest BCUT2D eigenvalue weighted by molar-refractivity contribution is 6.32. The van der Waals surface area contributed by atoms with E-state index in [9.17, 15) is 9.18 Å². The summed E-state index contributed by atoms with van der Waals surface area (Å²) in [6.07, 6.45) is 1.42. The summed E-state index contributed by atoms with van der Waals surface area (Å²) >= 11 is 6.06. The maximum atomic E-state index is 13.3. The van der Waals surface area contributed by atoms with E-state index >= 15 is 0 Å². The molecular weight excluding hydrogens is 455 g/mol. The van der Waals surface area contributed by atoms with Gasteiger partial charge in [0.1, 0.15) is 23.7 Å². The van der Waals surface area contributed by atoms with E-state index in [0.717, 1.165) is 10.8 Å². The van der Waals surface area contributed by atoms with Crippen LogP contribution in [0.3, 0.4) is 0 Å². The number of carbonyl (C=O) groups is 1. The minimum atomic E-state index is -0.439. The number of fused-ring (bicyclic) bond motifs is 1. The zero-order chi connectivity index (χ0) is 23.7. The smallest absolute Gasteiger partial charge is 0.254 e. The van der Waals surface area contributed by atoms with E-state index in [2.05, 4.69) is 14.9 Å². The molecule has 0 saturated carbocycles. The lowest BCUT2D eigenvalue weighted by Gasteiger charge is -2.40. The first-order chi connectivity index (χ1) is 16.5. The Hall–Kier alpha value is -3.71. The molecule has 1 amide bonds. The molecule has 2 heterocycles. The van der Waals surface area contributed by atoms with Gasteiger partial charge < -0.3 is 14.5 Å². The van der Waals surface area contributed by atoms with Gasteiger partial charge in [-0.05, 0) is 48.0 Å². The lowest BCUT2D eigenvalue weighted by atomic mass is 10.0. The molecular formula is C26H22ClFN4O2. The SMILES string of the molecule is C[C@H]1CN(c2cc(Oc3ccc(F)cc3Cl)ncn2)CCN1C(=O)c1ccc2ccccc2c1. The van der Waals surface area contributed by atoms with Crippen LogP contribution in [0.5, 0.6) is 11.6 Å². The molecule has 1 aliphatic heterocycles. The van der Waals surface area contributed by atoms with Crippen LogP contribution < -0.4 is 9.64 Å². The number of hydrogen-bond donors (Lipinski definition) is 0. The second-order valence-electron chi connectivity index (χ2n) is 8.25. The van der Waals surface area contributed by atoms with E-state index < -0.39 is 5.82 Å². The molecule has 172 valence electrons. The van der Waals surface area contributed by atoms with Crippen molar-refractivity contribution in [1.29, 1.82) is 0 Å². The maximum absolute atomic E-state index is 13.3. The fourth-order valence-electron chi connectivity index (χ4n) is 4.18. The average molecular weight is 477 g/mol. The summed E-state index contributed by atoms with van der Waals surface area (Å²) < 4.78 is 19.0. The number of piperazine rings is 1. The first-order valence-corrected chi connectivity index (χ1v) is 11.4. The molecule has 5 rings (SSSR count). The number of halogens is 2. The Labute approximate surface area is 201 Å². The Morgan fingerprint density at radius 1 is 1.03 bits per heavy atom. The van der Waals surface area contributed by atoms with Gasteiger partial charge in [0.25, 0.3) is 5.91 Å². The zero-order valence-electron chi connectivity index (χ0n) is 18.5. The lowest BCUT2D eigenvalue weighted by molar-refractivity contribution is 0.0674. The van der Waals surface area contributed by atoms with E-state index in [1.165, 1.54) is 24.5 Å². The van der Waals surface area contributed by atoms with Crippen molar-refractivity contribution in [3.8, 4) is 11.6 Å². The Kier molecular flexibility index (Phi) is 6.02. The van der Waals surface area contributed by atoms with Crippen molar-refractivity contribution >= 4 is 34.1 Å². The summed E-state index contributed by atoms with van der Waals surface area (Å²) in [5, 5.41) is 2.32. The molecule has 0 aliphatic carbocycles. The van der Waals surface area contributed by atoms with Crippen LogP contribution in [0.2, 0.25) is 5.02 Å². The van der Waals surface area contributed by atoms with Crippen LogP contribution in [-0.2, 0) is 0 Å². The molecule has 3 aromatic carbocycles. The van der Waals surface area contributed by atoms with Gasteiger partial charge in [-0.3, -0.25) is 4.79 Å². The van der Waals surface area contributed by atoms with Gasteiger partial charge in [0.2, 0.25) is 5.88 Å². The third kappa shape index (κ3) is 4.52. The largest absolute Gasteiger partial charge is 0.437 e. The van der Waals surface area contributed by atoms with Crippen LogP contribution >= 0.6 is 11.6 Å². The third-order valence-electron chi connectivity index (χ3n) is 5.94. The van der Waals surface area contributed by atoms with E-state index in [1.54, 1.807) is 6.07 Å². The number of hydrogen-bond acceptors (Lipinski definition) is 5. The molecule has 1 saturated heterocycles. The normalized spacial score (nSPS) is 16.0. The summed E-state index contributed by atoms with van der Waals surface area (Å²) in [6, 6.07) is 19.5. The van der Waals surface area contributed by atoms with Gasteiger partial charge in [0.05, 0.1) is 5.02 Å². The summed E-state index contributed by atoms with van der Waals surface area (Å²) in [7, 11) is 0. The van der Waals surface area contributed by atoms with E-state index in [1.807, 2.05) is 54.3 Å². The van der Waals surface area contributed by atoms with Crippen LogP contribution in [0.1, 0.15) is 17.3 Å². The van der Waals surface area contributed by atoms with Crippen molar-refractivity contribution in [3.63, 3.8) is 0 Å². The highest BCUT2D eigenvalue weighted by Crippen LogP contribution is 2.30. The maximum Gasteiger partial charge on any atom is 0.254 e. The molecule has 1 atom stereocenters. The molecule has 6 nitrogen and oxygen atoms in total. The topological polar surface area (TPSA) is 58.6 Å². The van der Waals surface area contributed by atoms with Gasteiger partial charge in [-0.15, -0.1) is 0 Å². The van der Waals surface area contributed by atoms with Gasteiger partial charge >= 0.3 is 0 Å². The Bertz CT molecular complexity index is 1370. The molecule has 1 aromatic heterocycles. The minimum absolute atomic E-state index is 0.0152. The number of benzene rings is 3. The summed E-state index contributed by atoms with van der Waals surface area (Å²) in [6.45, 7) is 3.84. The molecule has 0 bridgehead atoms. The second-order valence-corrected chi connectivity index (χ2v) is 8.65. The highest BCUT2D eigenvalue weighted by Gasteiger charge is 2.29. The van der Waals surface area contributed by atoms with Crippen LogP contribution in [0.15, 0.2) is 73.1 Å². The summed E-state index contributed by atoms with van der Waals surface area (Å²) in [5.74, 6) is 0.891. The van der Waals surface area contributed by atoms with Crippen LogP contribution in [0.25, 0.3) is 10.8 Å². The molecule has 4 aromatic rings. The number of rotatable bonds is 4. The Morgan fingerprint density at radius 3 is 2.65 bits per heavy atom. The van der Waals surface area contributed by atoms with Gasteiger partial charge in [0.15, 0.2) is 0 Å². The molecule has 0 spiro atoms. The number of amides is 1. The van der Waals surface area contributed by atoms with Crippen molar-refractivity contribution in [1.82, 2.24) is 14.9 Å². The van der Waals surface area contributed by atoms with Crippen molar-refractivity contribution < 1.29 is 13.9 Å². The molecule has 0 N–H and O–H groups in total. The first kappa shape index (κ1) is 22.1. The number of anilines is 1. The zero-order valence-corrected chi connectivity index (χ0v) is 19.2. The number of carbonyl (C=O) groups excluding carboxylic acids is 1. The van der Waals surface area contributed by atoms with Crippen molar-refractivity contribution in [2.45, 2.75) is 13.0 Å². The van der Waals surface area contributed by atoms with Gasteiger partial charge in [-0.2, -0.15) is 0 Å². The summed E-state index contributed by atoms with van der Waals surface area (Å²) in [5.41, 5.74) is 0.688. The number of aromatic nitrogens is 2. The number of nitrogens with zero attached hydrogens (tertiary/aromatic N) is 4. The quantitative estimate of drug-likeness (QED) is 0.385. The van der Waals surface area contributed by atoms with Gasteiger partial charge in [-0.1, -0.05) is 41.9 Å². The average Bonchev–Trinajstić information content (AvgIpc) is 2.85. The first-order valence-electron chi connectivity index (χ1n) is 11.0. The van der Waals surface area contributed by atoms with Crippen molar-refractivity contribution in [3.05, 3.63) is 89.5 Å². The molecule has 1 fully saturated rings. The number of ether oxygens (including phenoxy) is 1. The standard InChI is InChI=1S/C26H22ClFN4O2/c1-17-15-31(24-14-25(30-16-29-24)34-23-9-8-21(28)13-22(23)27)10-11-32(17)26(33)20-7-6-18-4-2-3-5-19(18)12-20/h2-9,12-14,16-17H,10-11,15H2,1H3/t17-/m0/s1. The molecule has 0 unspecified atom stereocenters. The van der Waals surface area contributed by atoms with Crippen LogP contribution in [0.4, 0.5) is 10.2 Å². The third-order valence-corrected chi connectivity index (χ3v) is 6.24. The monoisotopic (exact) mass is 476 g/mol.